The van der Waals surface area contributed by atoms with Gasteiger partial charge in [-0.3, -0.25) is 0 Å². The summed E-state index contributed by atoms with van der Waals surface area (Å²) in [6, 6.07) is 7.78. The second kappa shape index (κ2) is 6.76. The molecule has 0 unspecified atom stereocenters. The summed E-state index contributed by atoms with van der Waals surface area (Å²) in [6.07, 6.45) is 1.92. The molecule has 4 heteroatoms. The number of hydrogen-bond donors (Lipinski definition) is 0. The minimum absolute atomic E-state index is 0.303. The summed E-state index contributed by atoms with van der Waals surface area (Å²) in [6.45, 7) is 0. The lowest BCUT2D eigenvalue weighted by atomic mass is 10.0. The van der Waals surface area contributed by atoms with Gasteiger partial charge in [0.1, 0.15) is 0 Å². The average Bonchev–Trinajstić information content (AvgIpc) is 2.35. The summed E-state index contributed by atoms with van der Waals surface area (Å²) < 4.78 is 4.78. The molecule has 1 rings (SSSR count). The van der Waals surface area contributed by atoms with Crippen molar-refractivity contribution in [2.24, 2.45) is 0 Å². The molecule has 16 heavy (non-hydrogen) atoms. The fourth-order valence-corrected chi connectivity index (χ4v) is 2.30. The molecule has 0 aliphatic heterocycles. The lowest BCUT2D eigenvalue weighted by molar-refractivity contribution is -0.133. The quantitative estimate of drug-likeness (QED) is 0.484. The van der Waals surface area contributed by atoms with Crippen LogP contribution >= 0.6 is 27.7 Å². The molecule has 2 nitrogen and oxygen atoms in total. The standard InChI is InChI=1S/C12H13BrO2S/c1-15-12(14)11(8-16-2)10-6-4-3-5-9(10)7-13/h3-6,8H,7H2,1-2H3/b11-8+. The van der Waals surface area contributed by atoms with Gasteiger partial charge in [0.05, 0.1) is 12.7 Å². The van der Waals surface area contributed by atoms with Crippen LogP contribution in [-0.4, -0.2) is 19.3 Å². The van der Waals surface area contributed by atoms with Gasteiger partial charge in [0.2, 0.25) is 0 Å². The zero-order valence-corrected chi connectivity index (χ0v) is 11.6. The van der Waals surface area contributed by atoms with Gasteiger partial charge in [0.25, 0.3) is 0 Å². The predicted octanol–water partition coefficient (Wildman–Crippen LogP) is 3.46. The molecule has 0 saturated heterocycles. The van der Waals surface area contributed by atoms with E-state index in [4.69, 9.17) is 4.74 Å². The van der Waals surface area contributed by atoms with Crippen molar-refractivity contribution in [2.45, 2.75) is 5.33 Å². The second-order valence-corrected chi connectivity index (χ2v) is 4.32. The fraction of sp³-hybridized carbons (Fsp3) is 0.250. The first kappa shape index (κ1) is 13.3. The Kier molecular flexibility index (Phi) is 5.63. The van der Waals surface area contributed by atoms with Crippen LogP contribution in [-0.2, 0) is 14.9 Å². The summed E-state index contributed by atoms with van der Waals surface area (Å²) >= 11 is 4.90. The maximum Gasteiger partial charge on any atom is 0.338 e. The predicted molar refractivity (Wildman–Crippen MR) is 72.6 cm³/mol. The Labute approximate surface area is 108 Å². The lowest BCUT2D eigenvalue weighted by Crippen LogP contribution is -2.05. The largest absolute Gasteiger partial charge is 0.465 e. The zero-order chi connectivity index (χ0) is 12.0. The third-order valence-electron chi connectivity index (χ3n) is 2.09. The van der Waals surface area contributed by atoms with Crippen molar-refractivity contribution in [1.29, 1.82) is 0 Å². The summed E-state index contributed by atoms with van der Waals surface area (Å²) in [4.78, 5) is 11.7. The Morgan fingerprint density at radius 3 is 2.75 bits per heavy atom. The number of methoxy groups -OCH3 is 1. The molecule has 0 radical (unpaired) electrons. The van der Waals surface area contributed by atoms with Gasteiger partial charge in [-0.25, -0.2) is 4.79 Å². The number of rotatable bonds is 4. The van der Waals surface area contributed by atoms with Crippen LogP contribution in [0.5, 0.6) is 0 Å². The van der Waals surface area contributed by atoms with Gasteiger partial charge in [-0.1, -0.05) is 40.2 Å². The first-order valence-electron chi connectivity index (χ1n) is 4.70. The normalized spacial score (nSPS) is 11.3. The van der Waals surface area contributed by atoms with Gasteiger partial charge >= 0.3 is 5.97 Å². The molecule has 0 heterocycles. The smallest absolute Gasteiger partial charge is 0.338 e. The van der Waals surface area contributed by atoms with Crippen molar-refractivity contribution in [3.8, 4) is 0 Å². The van der Waals surface area contributed by atoms with Crippen molar-refractivity contribution < 1.29 is 9.53 Å². The number of benzene rings is 1. The lowest BCUT2D eigenvalue weighted by Gasteiger charge is -2.09. The maximum absolute atomic E-state index is 11.7. The highest BCUT2D eigenvalue weighted by Gasteiger charge is 2.14. The summed E-state index contributed by atoms with van der Waals surface area (Å²) in [5, 5.41) is 2.53. The molecule has 86 valence electrons. The summed E-state index contributed by atoms with van der Waals surface area (Å²) in [5.74, 6) is -0.303. The molecular weight excluding hydrogens is 288 g/mol. The molecule has 0 amide bonds. The van der Waals surface area contributed by atoms with Crippen molar-refractivity contribution in [2.75, 3.05) is 13.4 Å². The molecule has 0 fully saturated rings. The number of halogens is 1. The van der Waals surface area contributed by atoms with Gasteiger partial charge in [0.15, 0.2) is 0 Å². The van der Waals surface area contributed by atoms with E-state index >= 15 is 0 Å². The minimum atomic E-state index is -0.303. The van der Waals surface area contributed by atoms with Crippen LogP contribution < -0.4 is 0 Å². The molecule has 0 bridgehead atoms. The van der Waals surface area contributed by atoms with E-state index in [0.29, 0.717) is 10.9 Å². The van der Waals surface area contributed by atoms with E-state index in [9.17, 15) is 4.79 Å². The van der Waals surface area contributed by atoms with Crippen LogP contribution in [0.25, 0.3) is 5.57 Å². The second-order valence-electron chi connectivity index (χ2n) is 3.05. The topological polar surface area (TPSA) is 26.3 Å². The Bertz CT molecular complexity index is 402. The zero-order valence-electron chi connectivity index (χ0n) is 9.20. The molecule has 1 aromatic rings. The highest BCUT2D eigenvalue weighted by molar-refractivity contribution is 9.08. The number of hydrogen-bond acceptors (Lipinski definition) is 3. The third-order valence-corrected chi connectivity index (χ3v) is 3.17. The van der Waals surface area contributed by atoms with E-state index in [-0.39, 0.29) is 5.97 Å². The third kappa shape index (κ3) is 3.12. The van der Waals surface area contributed by atoms with Crippen LogP contribution in [0.4, 0.5) is 0 Å². The molecule has 0 N–H and O–H groups in total. The van der Waals surface area contributed by atoms with Crippen LogP contribution in [0.1, 0.15) is 11.1 Å². The highest BCUT2D eigenvalue weighted by atomic mass is 79.9. The average molecular weight is 301 g/mol. The van der Waals surface area contributed by atoms with E-state index < -0.39 is 0 Å². The van der Waals surface area contributed by atoms with Gasteiger partial charge < -0.3 is 4.74 Å². The van der Waals surface area contributed by atoms with E-state index in [1.165, 1.54) is 18.9 Å². The molecule has 0 aliphatic rings. The number of carbonyl (C=O) groups is 1. The van der Waals surface area contributed by atoms with Gasteiger partial charge in [-0.2, -0.15) is 0 Å². The number of esters is 1. The summed E-state index contributed by atoms with van der Waals surface area (Å²) in [7, 11) is 1.40. The van der Waals surface area contributed by atoms with Gasteiger partial charge in [-0.05, 0) is 22.8 Å². The van der Waals surface area contributed by atoms with Crippen molar-refractivity contribution >= 4 is 39.2 Å². The molecule has 0 aromatic heterocycles. The number of thioether (sulfide) groups is 1. The molecule has 0 saturated carbocycles. The maximum atomic E-state index is 11.7. The first-order chi connectivity index (χ1) is 7.74. The molecule has 1 aromatic carbocycles. The van der Waals surface area contributed by atoms with E-state index in [2.05, 4.69) is 15.9 Å². The molecular formula is C12H13BrO2S. The number of carbonyl (C=O) groups excluding carboxylic acids is 1. The Balaban J connectivity index is 3.21. The molecule has 0 spiro atoms. The van der Waals surface area contributed by atoms with E-state index in [1.807, 2.05) is 35.9 Å². The van der Waals surface area contributed by atoms with Crippen molar-refractivity contribution in [1.82, 2.24) is 0 Å². The van der Waals surface area contributed by atoms with Crippen molar-refractivity contribution in [3.05, 3.63) is 40.8 Å². The van der Waals surface area contributed by atoms with E-state index in [0.717, 1.165) is 11.1 Å². The summed E-state index contributed by atoms with van der Waals surface area (Å²) in [5.41, 5.74) is 2.60. The highest BCUT2D eigenvalue weighted by Crippen LogP contribution is 2.24. The van der Waals surface area contributed by atoms with Crippen molar-refractivity contribution in [3.63, 3.8) is 0 Å². The van der Waals surface area contributed by atoms with Crippen LogP contribution in [0.15, 0.2) is 29.7 Å². The van der Waals surface area contributed by atoms with Crippen LogP contribution in [0, 0.1) is 0 Å². The Morgan fingerprint density at radius 1 is 1.50 bits per heavy atom. The van der Waals surface area contributed by atoms with Crippen LogP contribution in [0.3, 0.4) is 0 Å². The first-order valence-corrected chi connectivity index (χ1v) is 7.11. The van der Waals surface area contributed by atoms with Crippen LogP contribution in [0.2, 0.25) is 0 Å². The van der Waals surface area contributed by atoms with Gasteiger partial charge in [-0.15, -0.1) is 11.8 Å². The van der Waals surface area contributed by atoms with Gasteiger partial charge in [0, 0.05) is 5.33 Å². The van der Waals surface area contributed by atoms with E-state index in [1.54, 1.807) is 0 Å². The molecule has 0 atom stereocenters. The number of alkyl halides is 1. The number of ether oxygens (including phenoxy) is 1. The Morgan fingerprint density at radius 2 is 2.19 bits per heavy atom. The molecule has 0 aliphatic carbocycles. The fourth-order valence-electron chi connectivity index (χ4n) is 1.35. The minimum Gasteiger partial charge on any atom is -0.465 e. The monoisotopic (exact) mass is 300 g/mol. The SMILES string of the molecule is COC(=O)/C(=C/SC)c1ccccc1CBr. The Hall–Kier alpha value is -0.740.